The minimum Gasteiger partial charge on any atom is -0.354 e. The summed E-state index contributed by atoms with van der Waals surface area (Å²) in [6.07, 6.45) is 1.57. The minimum atomic E-state index is -3.21. The smallest absolute Gasteiger partial charge is 0.235 e. The molecule has 0 heterocycles. The zero-order valence-electron chi connectivity index (χ0n) is 7.75. The first-order chi connectivity index (χ1) is 5.95. The van der Waals surface area contributed by atoms with Crippen LogP contribution in [0.4, 0.5) is 0 Å². The molecule has 1 N–H and O–H groups in total. The summed E-state index contributed by atoms with van der Waals surface area (Å²) in [5.41, 5.74) is 0. The van der Waals surface area contributed by atoms with Crippen molar-refractivity contribution in [3.63, 3.8) is 0 Å². The second-order valence-corrected chi connectivity index (χ2v) is 4.74. The van der Waals surface area contributed by atoms with Crippen molar-refractivity contribution in [2.45, 2.75) is 13.3 Å². The first-order valence-electron chi connectivity index (χ1n) is 3.80. The Hall–Kier alpha value is -1.02. The zero-order chi connectivity index (χ0) is 10.3. The number of carbonyl (C=O) groups excluding carboxylic acids is 1. The van der Waals surface area contributed by atoms with Gasteiger partial charge in [0.2, 0.25) is 5.91 Å². The van der Waals surface area contributed by atoms with Crippen LogP contribution in [-0.4, -0.2) is 32.9 Å². The van der Waals surface area contributed by atoms with E-state index in [4.69, 9.17) is 0 Å². The maximum atomic E-state index is 10.9. The Morgan fingerprint density at radius 3 is 2.54 bits per heavy atom. The maximum absolute atomic E-state index is 10.9. The predicted molar refractivity (Wildman–Crippen MR) is 50.8 cm³/mol. The molecule has 0 unspecified atom stereocenters. The fourth-order valence-electron chi connectivity index (χ4n) is 0.679. The Labute approximate surface area is 78.6 Å². The Morgan fingerprint density at radius 2 is 2.08 bits per heavy atom. The van der Waals surface area contributed by atoms with Crippen LogP contribution in [0.25, 0.3) is 0 Å². The van der Waals surface area contributed by atoms with E-state index in [1.807, 2.05) is 0 Å². The quantitative estimate of drug-likeness (QED) is 0.497. The third-order valence-electron chi connectivity index (χ3n) is 1.14. The predicted octanol–water partition coefficient (Wildman–Crippen LogP) is -0.439. The average molecular weight is 203 g/mol. The molecule has 0 aliphatic rings. The molecule has 5 heteroatoms. The van der Waals surface area contributed by atoms with Crippen LogP contribution < -0.4 is 5.32 Å². The Morgan fingerprint density at radius 1 is 1.46 bits per heavy atom. The first kappa shape index (κ1) is 12.0. The van der Waals surface area contributed by atoms with Crippen molar-refractivity contribution in [2.75, 3.05) is 18.6 Å². The summed E-state index contributed by atoms with van der Waals surface area (Å²) in [4.78, 5) is 10.9. The maximum Gasteiger partial charge on any atom is 0.235 e. The van der Waals surface area contributed by atoms with Crippen LogP contribution in [0.15, 0.2) is 0 Å². The highest BCUT2D eigenvalue weighted by molar-refractivity contribution is 7.91. The molecule has 0 fully saturated rings. The van der Waals surface area contributed by atoms with E-state index in [1.54, 1.807) is 6.92 Å². The van der Waals surface area contributed by atoms with Crippen LogP contribution in [0.3, 0.4) is 0 Å². The van der Waals surface area contributed by atoms with Crippen molar-refractivity contribution in [3.8, 4) is 11.8 Å². The molecule has 13 heavy (non-hydrogen) atoms. The minimum absolute atomic E-state index is 0.398. The summed E-state index contributed by atoms with van der Waals surface area (Å²) in [7, 11) is -3.21. The van der Waals surface area contributed by atoms with E-state index in [0.717, 1.165) is 6.26 Å². The number of rotatable bonds is 4. The van der Waals surface area contributed by atoms with Gasteiger partial charge in [0.1, 0.15) is 5.75 Å². The number of hydrogen-bond acceptors (Lipinski definition) is 3. The normalized spacial score (nSPS) is 10.0. The Balaban J connectivity index is 3.69. The van der Waals surface area contributed by atoms with Crippen LogP contribution in [0, 0.1) is 11.8 Å². The van der Waals surface area contributed by atoms with Gasteiger partial charge in [0, 0.05) is 19.2 Å². The number of amides is 1. The lowest BCUT2D eigenvalue weighted by molar-refractivity contribution is -0.118. The van der Waals surface area contributed by atoms with Crippen LogP contribution in [0.1, 0.15) is 13.3 Å². The van der Waals surface area contributed by atoms with Gasteiger partial charge >= 0.3 is 0 Å². The number of carbonyl (C=O) groups is 1. The molecule has 0 spiro atoms. The van der Waals surface area contributed by atoms with E-state index in [-0.39, 0.29) is 0 Å². The molecule has 0 aliphatic heterocycles. The molecule has 0 saturated carbocycles. The van der Waals surface area contributed by atoms with Crippen molar-refractivity contribution in [2.24, 2.45) is 0 Å². The first-order valence-corrected chi connectivity index (χ1v) is 5.86. The van der Waals surface area contributed by atoms with Crippen molar-refractivity contribution in [3.05, 3.63) is 0 Å². The molecule has 0 aromatic rings. The molecule has 0 atom stereocenters. The summed E-state index contributed by atoms with van der Waals surface area (Å²) in [6, 6.07) is 0. The van der Waals surface area contributed by atoms with Gasteiger partial charge in [-0.1, -0.05) is 0 Å². The van der Waals surface area contributed by atoms with Crippen molar-refractivity contribution in [1.82, 2.24) is 5.32 Å². The molecule has 0 radical (unpaired) electrons. The lowest BCUT2D eigenvalue weighted by Crippen LogP contribution is -2.30. The lowest BCUT2D eigenvalue weighted by Gasteiger charge is -2.00. The molecule has 0 saturated heterocycles. The fourth-order valence-corrected chi connectivity index (χ4v) is 1.26. The summed E-state index contributed by atoms with van der Waals surface area (Å²) >= 11 is 0. The average Bonchev–Trinajstić information content (AvgIpc) is 1.94. The van der Waals surface area contributed by atoms with E-state index in [0.29, 0.717) is 13.0 Å². The molecule has 1 amide bonds. The number of hydrogen-bond donors (Lipinski definition) is 1. The van der Waals surface area contributed by atoms with E-state index in [9.17, 15) is 13.2 Å². The van der Waals surface area contributed by atoms with Gasteiger partial charge in [-0.15, -0.1) is 11.8 Å². The highest BCUT2D eigenvalue weighted by Crippen LogP contribution is 1.82. The van der Waals surface area contributed by atoms with Crippen LogP contribution in [0.5, 0.6) is 0 Å². The van der Waals surface area contributed by atoms with Crippen LogP contribution in [0.2, 0.25) is 0 Å². The van der Waals surface area contributed by atoms with Gasteiger partial charge in [0.15, 0.2) is 9.84 Å². The van der Waals surface area contributed by atoms with Crippen molar-refractivity contribution >= 4 is 15.7 Å². The highest BCUT2D eigenvalue weighted by atomic mass is 32.2. The van der Waals surface area contributed by atoms with Gasteiger partial charge in [-0.25, -0.2) is 8.42 Å². The molecule has 4 nitrogen and oxygen atoms in total. The highest BCUT2D eigenvalue weighted by Gasteiger charge is 2.08. The van der Waals surface area contributed by atoms with Crippen molar-refractivity contribution < 1.29 is 13.2 Å². The van der Waals surface area contributed by atoms with Crippen molar-refractivity contribution in [1.29, 1.82) is 0 Å². The van der Waals surface area contributed by atoms with E-state index in [1.165, 1.54) is 0 Å². The largest absolute Gasteiger partial charge is 0.354 e. The molecule has 0 aromatic carbocycles. The second-order valence-electron chi connectivity index (χ2n) is 2.60. The monoisotopic (exact) mass is 203 g/mol. The third kappa shape index (κ3) is 8.89. The summed E-state index contributed by atoms with van der Waals surface area (Å²) in [6.45, 7) is 2.10. The topological polar surface area (TPSA) is 63.2 Å². The van der Waals surface area contributed by atoms with Crippen LogP contribution >= 0.6 is 0 Å². The summed E-state index contributed by atoms with van der Waals surface area (Å²) < 4.78 is 21.3. The standard InChI is InChI=1S/C8H13NO3S/c1-3-4-5-6-9-8(10)7-13(2,11)12/h5-7H2,1-2H3,(H,9,10). The second kappa shape index (κ2) is 5.60. The molecule has 0 rings (SSSR count). The number of sulfone groups is 1. The Bertz CT molecular complexity index is 321. The molecule has 74 valence electrons. The molecular weight excluding hydrogens is 190 g/mol. The van der Waals surface area contributed by atoms with E-state index < -0.39 is 21.5 Å². The fraction of sp³-hybridized carbons (Fsp3) is 0.625. The SMILES string of the molecule is CC#CCCNC(=O)CS(C)(=O)=O. The van der Waals surface area contributed by atoms with Crippen LogP contribution in [-0.2, 0) is 14.6 Å². The van der Waals surface area contributed by atoms with E-state index in [2.05, 4.69) is 17.2 Å². The van der Waals surface area contributed by atoms with Gasteiger partial charge in [-0.2, -0.15) is 0 Å². The molecular formula is C8H13NO3S. The Kier molecular flexibility index (Phi) is 5.16. The molecule has 0 aromatic heterocycles. The number of nitrogens with one attached hydrogen (secondary N) is 1. The lowest BCUT2D eigenvalue weighted by atomic mass is 10.4. The molecule has 0 bridgehead atoms. The summed E-state index contributed by atoms with van der Waals surface area (Å²) in [5.74, 6) is 4.50. The van der Waals surface area contributed by atoms with Gasteiger partial charge in [-0.3, -0.25) is 4.79 Å². The van der Waals surface area contributed by atoms with Gasteiger partial charge in [0.25, 0.3) is 0 Å². The zero-order valence-corrected chi connectivity index (χ0v) is 8.57. The van der Waals surface area contributed by atoms with Gasteiger partial charge in [0.05, 0.1) is 0 Å². The molecule has 0 aliphatic carbocycles. The third-order valence-corrected chi connectivity index (χ3v) is 1.93. The van der Waals surface area contributed by atoms with E-state index >= 15 is 0 Å². The van der Waals surface area contributed by atoms with Gasteiger partial charge < -0.3 is 5.32 Å². The summed E-state index contributed by atoms with van der Waals surface area (Å²) in [5, 5.41) is 2.45. The van der Waals surface area contributed by atoms with Gasteiger partial charge in [-0.05, 0) is 6.92 Å².